The number of carbonyl (C=O) groups is 2. The Morgan fingerprint density at radius 3 is 2.20 bits per heavy atom. The average molecular weight is 424 g/mol. The molecule has 4 saturated carbocycles. The Kier molecular flexibility index (Phi) is 5.68. The van der Waals surface area contributed by atoms with Gasteiger partial charge in [0.25, 0.3) is 0 Å². The van der Waals surface area contributed by atoms with Crippen molar-refractivity contribution in [1.29, 1.82) is 0 Å². The van der Waals surface area contributed by atoms with Crippen LogP contribution in [0.4, 0.5) is 13.2 Å². The Labute approximate surface area is 173 Å². The number of benzene rings is 1. The first kappa shape index (κ1) is 21.0. The molecule has 4 fully saturated rings. The van der Waals surface area contributed by atoms with Gasteiger partial charge in [-0.2, -0.15) is 0 Å². The van der Waals surface area contributed by atoms with Gasteiger partial charge in [0.05, 0.1) is 0 Å². The molecular formula is C22H27F3N2O3. The second-order valence-electron chi connectivity index (χ2n) is 9.14. The largest absolute Gasteiger partial charge is 0.573 e. The van der Waals surface area contributed by atoms with Crippen molar-refractivity contribution in [2.45, 2.75) is 57.9 Å². The van der Waals surface area contributed by atoms with Gasteiger partial charge in [0.1, 0.15) is 5.75 Å². The smallest absolute Gasteiger partial charge is 0.405 e. The summed E-state index contributed by atoms with van der Waals surface area (Å²) in [7, 11) is 0. The Bertz CT molecular complexity index is 774. The van der Waals surface area contributed by atoms with E-state index in [1.807, 2.05) is 0 Å². The van der Waals surface area contributed by atoms with Crippen LogP contribution in [0.2, 0.25) is 0 Å². The van der Waals surface area contributed by atoms with Crippen molar-refractivity contribution in [3.05, 3.63) is 29.8 Å². The summed E-state index contributed by atoms with van der Waals surface area (Å²) in [5.74, 6) is 1.42. The summed E-state index contributed by atoms with van der Waals surface area (Å²) in [4.78, 5) is 25.0. The topological polar surface area (TPSA) is 67.4 Å². The summed E-state index contributed by atoms with van der Waals surface area (Å²) in [6.07, 6.45) is 1.96. The van der Waals surface area contributed by atoms with Crippen LogP contribution in [0.15, 0.2) is 24.3 Å². The molecule has 5 rings (SSSR count). The number of carbonyl (C=O) groups excluding carboxylic acids is 2. The maximum absolute atomic E-state index is 12.9. The maximum atomic E-state index is 12.9. The minimum Gasteiger partial charge on any atom is -0.405 e. The lowest BCUT2D eigenvalue weighted by atomic mass is 9.49. The number of alkyl halides is 3. The van der Waals surface area contributed by atoms with Crippen molar-refractivity contribution in [2.24, 2.45) is 23.2 Å². The molecule has 2 N–H and O–H groups in total. The molecule has 30 heavy (non-hydrogen) atoms. The van der Waals surface area contributed by atoms with Crippen molar-refractivity contribution in [3.8, 4) is 5.75 Å². The summed E-state index contributed by atoms with van der Waals surface area (Å²) in [5, 5.41) is 5.53. The molecule has 2 amide bonds. The number of para-hydroxylation sites is 1. The number of nitrogens with one attached hydrogen (secondary N) is 2. The van der Waals surface area contributed by atoms with Crippen LogP contribution < -0.4 is 15.4 Å². The molecule has 1 aromatic rings. The van der Waals surface area contributed by atoms with E-state index < -0.39 is 6.36 Å². The number of ether oxygens (including phenoxy) is 1. The molecule has 0 heterocycles. The predicted octanol–water partition coefficient (Wildman–Crippen LogP) is 3.92. The summed E-state index contributed by atoms with van der Waals surface area (Å²) < 4.78 is 41.4. The second kappa shape index (κ2) is 8.12. The second-order valence-corrected chi connectivity index (χ2v) is 9.14. The van der Waals surface area contributed by atoms with Crippen LogP contribution in [0.3, 0.4) is 0 Å². The van der Waals surface area contributed by atoms with Gasteiger partial charge in [-0.25, -0.2) is 0 Å². The van der Waals surface area contributed by atoms with Crippen molar-refractivity contribution in [3.63, 3.8) is 0 Å². The van der Waals surface area contributed by atoms with Crippen LogP contribution in [0.5, 0.6) is 5.75 Å². The van der Waals surface area contributed by atoms with Gasteiger partial charge in [-0.05, 0) is 62.3 Å². The van der Waals surface area contributed by atoms with E-state index in [1.54, 1.807) is 6.07 Å². The zero-order chi connectivity index (χ0) is 21.4. The van der Waals surface area contributed by atoms with Gasteiger partial charge in [0, 0.05) is 30.5 Å². The third-order valence-corrected chi connectivity index (χ3v) is 6.83. The fourth-order valence-corrected chi connectivity index (χ4v) is 6.02. The first-order valence-electron chi connectivity index (χ1n) is 10.6. The molecule has 0 aliphatic heterocycles. The quantitative estimate of drug-likeness (QED) is 0.697. The normalized spacial score (nSPS) is 29.5. The Balaban J connectivity index is 1.23. The molecule has 4 aliphatic rings. The zero-order valence-corrected chi connectivity index (χ0v) is 16.8. The molecule has 4 aliphatic carbocycles. The lowest BCUT2D eigenvalue weighted by molar-refractivity contribution is -0.274. The van der Waals surface area contributed by atoms with Gasteiger partial charge < -0.3 is 15.4 Å². The molecule has 0 radical (unpaired) electrons. The van der Waals surface area contributed by atoms with E-state index in [-0.39, 0.29) is 48.1 Å². The predicted molar refractivity (Wildman–Crippen MR) is 103 cm³/mol. The average Bonchev–Trinajstić information content (AvgIpc) is 2.65. The minimum atomic E-state index is -4.79. The highest BCUT2D eigenvalue weighted by molar-refractivity contribution is 5.84. The molecule has 8 heteroatoms. The highest BCUT2D eigenvalue weighted by Gasteiger charge is 2.54. The summed E-state index contributed by atoms with van der Waals surface area (Å²) in [6.45, 7) is 0.154. The molecular weight excluding hydrogens is 397 g/mol. The fourth-order valence-electron chi connectivity index (χ4n) is 6.02. The molecule has 0 atom stereocenters. The number of hydrogen-bond donors (Lipinski definition) is 2. The standard InChI is InChI=1S/C22H27F3N2O3/c23-22(24,25)30-18-4-2-1-3-17(18)13-27-19(28)5-6-26-20(29)21-10-14-7-15(11-21)9-16(8-14)12-21/h1-4,14-16H,5-13H2,(H,26,29)(H,27,28). The fraction of sp³-hybridized carbons (Fsp3) is 0.636. The van der Waals surface area contributed by atoms with E-state index in [9.17, 15) is 22.8 Å². The van der Waals surface area contributed by atoms with Crippen LogP contribution in [0.1, 0.15) is 50.5 Å². The van der Waals surface area contributed by atoms with Gasteiger partial charge in [0.2, 0.25) is 11.8 Å². The molecule has 0 aromatic heterocycles. The Morgan fingerprint density at radius 1 is 1.00 bits per heavy atom. The Morgan fingerprint density at radius 2 is 1.60 bits per heavy atom. The van der Waals surface area contributed by atoms with E-state index in [0.29, 0.717) is 17.8 Å². The highest BCUT2D eigenvalue weighted by Crippen LogP contribution is 2.60. The van der Waals surface area contributed by atoms with Crippen LogP contribution in [-0.2, 0) is 16.1 Å². The highest BCUT2D eigenvalue weighted by atomic mass is 19.4. The number of amides is 2. The molecule has 0 spiro atoms. The van der Waals surface area contributed by atoms with E-state index in [4.69, 9.17) is 0 Å². The minimum absolute atomic E-state index is 0.0679. The molecule has 0 unspecified atom stereocenters. The summed E-state index contributed by atoms with van der Waals surface area (Å²) in [5.41, 5.74) is -0.0141. The van der Waals surface area contributed by atoms with Crippen molar-refractivity contribution in [1.82, 2.24) is 10.6 Å². The third kappa shape index (κ3) is 4.73. The van der Waals surface area contributed by atoms with E-state index in [1.165, 1.54) is 37.5 Å². The van der Waals surface area contributed by atoms with Crippen LogP contribution in [0.25, 0.3) is 0 Å². The molecule has 1 aromatic carbocycles. The van der Waals surface area contributed by atoms with Crippen molar-refractivity contribution < 1.29 is 27.5 Å². The van der Waals surface area contributed by atoms with Crippen LogP contribution in [0, 0.1) is 23.2 Å². The first-order valence-corrected chi connectivity index (χ1v) is 10.6. The van der Waals surface area contributed by atoms with Crippen molar-refractivity contribution in [2.75, 3.05) is 6.54 Å². The SMILES string of the molecule is O=C(CCNC(=O)C12CC3CC(CC(C3)C1)C2)NCc1ccccc1OC(F)(F)F. The van der Waals surface area contributed by atoms with Gasteiger partial charge in [-0.3, -0.25) is 9.59 Å². The van der Waals surface area contributed by atoms with E-state index in [0.717, 1.165) is 19.3 Å². The monoisotopic (exact) mass is 424 g/mol. The maximum Gasteiger partial charge on any atom is 0.573 e. The lowest BCUT2D eigenvalue weighted by Gasteiger charge is -2.55. The summed E-state index contributed by atoms with van der Waals surface area (Å²) >= 11 is 0. The number of hydrogen-bond acceptors (Lipinski definition) is 3. The van der Waals surface area contributed by atoms with Gasteiger partial charge in [0.15, 0.2) is 0 Å². The van der Waals surface area contributed by atoms with Gasteiger partial charge in [-0.1, -0.05) is 18.2 Å². The lowest BCUT2D eigenvalue weighted by Crippen LogP contribution is -2.53. The summed E-state index contributed by atoms with van der Waals surface area (Å²) in [6, 6.07) is 5.69. The first-order chi connectivity index (χ1) is 14.2. The third-order valence-electron chi connectivity index (χ3n) is 6.83. The van der Waals surface area contributed by atoms with Crippen molar-refractivity contribution >= 4 is 11.8 Å². The molecule has 5 nitrogen and oxygen atoms in total. The number of rotatable bonds is 7. The van der Waals surface area contributed by atoms with Crippen LogP contribution >= 0.6 is 0 Å². The zero-order valence-electron chi connectivity index (χ0n) is 16.8. The van der Waals surface area contributed by atoms with Gasteiger partial charge in [-0.15, -0.1) is 13.2 Å². The number of halogens is 3. The van der Waals surface area contributed by atoms with Gasteiger partial charge >= 0.3 is 6.36 Å². The molecule has 4 bridgehead atoms. The molecule has 164 valence electrons. The Hall–Kier alpha value is -2.25. The van der Waals surface area contributed by atoms with E-state index >= 15 is 0 Å². The van der Waals surface area contributed by atoms with E-state index in [2.05, 4.69) is 15.4 Å². The molecule has 0 saturated heterocycles. The van der Waals surface area contributed by atoms with Crippen LogP contribution in [-0.4, -0.2) is 24.7 Å².